The summed E-state index contributed by atoms with van der Waals surface area (Å²) in [6.07, 6.45) is 31.6. The molecule has 0 saturated carbocycles. The van der Waals surface area contributed by atoms with Crippen molar-refractivity contribution >= 4 is 17.9 Å². The molecule has 182 valence electrons. The molecule has 0 aromatic rings. The third kappa shape index (κ3) is 22.0. The number of hydrogen-bond acceptors (Lipinski definition) is 5. The van der Waals surface area contributed by atoms with Crippen molar-refractivity contribution in [2.24, 2.45) is 5.73 Å². The number of ether oxygens (including phenoxy) is 1. The molecular weight excluding hydrogens is 418 g/mol. The number of carbonyl (C=O) groups excluding carboxylic acids is 2. The van der Waals surface area contributed by atoms with Gasteiger partial charge in [0, 0.05) is 12.5 Å². The van der Waals surface area contributed by atoms with Gasteiger partial charge in [0.1, 0.15) is 6.04 Å². The predicted molar refractivity (Wildman–Crippen MR) is 133 cm³/mol. The van der Waals surface area contributed by atoms with Crippen molar-refractivity contribution < 1.29 is 24.2 Å². The molecule has 33 heavy (non-hydrogen) atoms. The zero-order valence-corrected chi connectivity index (χ0v) is 19.7. The van der Waals surface area contributed by atoms with E-state index in [-0.39, 0.29) is 12.8 Å². The first-order chi connectivity index (χ1) is 16.0. The van der Waals surface area contributed by atoms with Crippen molar-refractivity contribution in [2.75, 3.05) is 0 Å². The lowest BCUT2D eigenvalue weighted by molar-refractivity contribution is -0.157. The van der Waals surface area contributed by atoms with Crippen LogP contribution in [0.25, 0.3) is 0 Å². The lowest BCUT2D eigenvalue weighted by atomic mass is 10.1. The highest BCUT2D eigenvalue weighted by atomic mass is 16.6. The summed E-state index contributed by atoms with van der Waals surface area (Å²) in [6.45, 7) is 2.24. The zero-order chi connectivity index (χ0) is 24.6. The molecule has 0 aliphatic rings. The Balaban J connectivity index is 3.91. The minimum absolute atomic E-state index is 0.0892. The van der Waals surface area contributed by atoms with Gasteiger partial charge in [0.15, 0.2) is 0 Å². The second-order valence-corrected chi connectivity index (χ2v) is 7.52. The number of aliphatic carboxylic acids is 1. The first-order valence-electron chi connectivity index (χ1n) is 11.7. The van der Waals surface area contributed by atoms with Gasteiger partial charge in [0.05, 0.1) is 0 Å². The number of unbranched alkanes of at least 4 members (excludes halogenated alkanes) is 7. The molecule has 0 bridgehead atoms. The van der Waals surface area contributed by atoms with E-state index in [1.165, 1.54) is 51.0 Å². The number of carboxylic acids is 1. The highest BCUT2D eigenvalue weighted by Crippen LogP contribution is 2.08. The summed E-state index contributed by atoms with van der Waals surface area (Å²) in [5.41, 5.74) is 5.46. The summed E-state index contributed by atoms with van der Waals surface area (Å²) in [4.78, 5) is 33.5. The van der Waals surface area contributed by atoms with Crippen molar-refractivity contribution in [3.8, 4) is 0 Å². The Kier molecular flexibility index (Phi) is 20.2. The third-order valence-corrected chi connectivity index (χ3v) is 4.52. The Labute approximate surface area is 198 Å². The van der Waals surface area contributed by atoms with Gasteiger partial charge in [-0.05, 0) is 19.3 Å². The van der Waals surface area contributed by atoms with Crippen LogP contribution in [-0.2, 0) is 19.1 Å². The quantitative estimate of drug-likeness (QED) is 0.0895. The maximum absolute atomic E-state index is 11.5. The third-order valence-electron chi connectivity index (χ3n) is 4.52. The number of esters is 2. The molecule has 0 amide bonds. The minimum atomic E-state index is -1.14. The fourth-order valence-electron chi connectivity index (χ4n) is 2.65. The molecule has 6 heteroatoms. The maximum atomic E-state index is 11.5. The molecule has 0 fully saturated rings. The Bertz CT molecular complexity index is 729. The number of allylic oxidation sites excluding steroid dienone is 11. The van der Waals surface area contributed by atoms with E-state index in [0.717, 1.165) is 12.5 Å². The van der Waals surface area contributed by atoms with E-state index in [2.05, 4.69) is 23.8 Å². The molecule has 0 aliphatic heterocycles. The fraction of sp³-hybridized carbons (Fsp3) is 0.444. The van der Waals surface area contributed by atoms with Crippen LogP contribution in [0, 0.1) is 0 Å². The highest BCUT2D eigenvalue weighted by molar-refractivity contribution is 5.94. The minimum Gasteiger partial charge on any atom is -0.481 e. The average Bonchev–Trinajstić information content (AvgIpc) is 2.78. The number of carbonyl (C=O) groups is 3. The van der Waals surface area contributed by atoms with Crippen LogP contribution >= 0.6 is 0 Å². The molecule has 1 atom stereocenters. The van der Waals surface area contributed by atoms with Gasteiger partial charge in [-0.2, -0.15) is 0 Å². The van der Waals surface area contributed by atoms with Crippen molar-refractivity contribution in [1.29, 1.82) is 0 Å². The van der Waals surface area contributed by atoms with Crippen LogP contribution in [0.4, 0.5) is 0 Å². The first kappa shape index (κ1) is 30.0. The molecule has 0 aromatic carbocycles. The number of rotatable bonds is 18. The topological polar surface area (TPSA) is 107 Å². The summed E-state index contributed by atoms with van der Waals surface area (Å²) >= 11 is 0. The molecule has 0 spiro atoms. The summed E-state index contributed by atoms with van der Waals surface area (Å²) in [7, 11) is 0. The van der Waals surface area contributed by atoms with E-state index in [1.807, 2.05) is 30.4 Å². The van der Waals surface area contributed by atoms with Gasteiger partial charge in [-0.25, -0.2) is 9.59 Å². The van der Waals surface area contributed by atoms with Gasteiger partial charge in [-0.3, -0.25) is 4.79 Å². The van der Waals surface area contributed by atoms with Gasteiger partial charge >= 0.3 is 17.9 Å². The maximum Gasteiger partial charge on any atom is 0.338 e. The number of carboxylic acid groups (broad SMARTS) is 1. The Morgan fingerprint density at radius 2 is 1.30 bits per heavy atom. The Morgan fingerprint density at radius 3 is 1.88 bits per heavy atom. The normalized spacial score (nSPS) is 13.4. The zero-order valence-electron chi connectivity index (χ0n) is 19.7. The summed E-state index contributed by atoms with van der Waals surface area (Å²) in [5.74, 6) is -2.87. The second kappa shape index (κ2) is 22.2. The van der Waals surface area contributed by atoms with E-state index in [0.29, 0.717) is 0 Å². The summed E-state index contributed by atoms with van der Waals surface area (Å²) < 4.78 is 4.52. The van der Waals surface area contributed by atoms with Crippen molar-refractivity contribution in [3.63, 3.8) is 0 Å². The molecular formula is C27H39NO5. The average molecular weight is 458 g/mol. The molecule has 0 rings (SSSR count). The van der Waals surface area contributed by atoms with Gasteiger partial charge in [0.2, 0.25) is 0 Å². The van der Waals surface area contributed by atoms with Crippen molar-refractivity contribution in [1.82, 2.24) is 0 Å². The van der Waals surface area contributed by atoms with Crippen LogP contribution < -0.4 is 5.73 Å². The van der Waals surface area contributed by atoms with E-state index in [1.54, 1.807) is 18.2 Å². The van der Waals surface area contributed by atoms with Crippen LogP contribution in [0.1, 0.15) is 71.1 Å². The molecule has 0 heterocycles. The first-order valence-corrected chi connectivity index (χ1v) is 11.7. The van der Waals surface area contributed by atoms with Gasteiger partial charge in [-0.15, -0.1) is 0 Å². The highest BCUT2D eigenvalue weighted by Gasteiger charge is 2.18. The van der Waals surface area contributed by atoms with Gasteiger partial charge < -0.3 is 15.6 Å². The molecule has 0 unspecified atom stereocenters. The molecule has 0 saturated heterocycles. The van der Waals surface area contributed by atoms with Crippen LogP contribution in [0.2, 0.25) is 0 Å². The summed E-state index contributed by atoms with van der Waals surface area (Å²) in [6, 6.07) is -1.14. The van der Waals surface area contributed by atoms with E-state index in [9.17, 15) is 14.4 Å². The lowest BCUT2D eigenvalue weighted by Gasteiger charge is -2.07. The SMILES string of the molecule is CCCCCCCCC/C=C/C=C/C=C/C=C/C=C/C=C/C(=O)OC(=O)[C@@H](N)CCC(=O)O. The van der Waals surface area contributed by atoms with Crippen LogP contribution in [0.5, 0.6) is 0 Å². The standard InChI is InChI=1S/C27H39NO5/c1-2-3-4-5-6-7-8-9-10-11-12-13-14-15-16-17-18-19-20-21-26(31)33-27(32)24(28)22-23-25(29)30/h10-21,24H,2-9,22-23,28H2,1H3,(H,29,30)/b11-10+,13-12+,15-14+,17-16+,19-18+,21-20+/t24-/m0/s1. The monoisotopic (exact) mass is 457 g/mol. The fourth-order valence-corrected chi connectivity index (χ4v) is 2.65. The number of nitrogens with two attached hydrogens (primary N) is 1. The van der Waals surface area contributed by atoms with E-state index < -0.39 is 23.9 Å². The van der Waals surface area contributed by atoms with Crippen LogP contribution in [0.3, 0.4) is 0 Å². The van der Waals surface area contributed by atoms with E-state index >= 15 is 0 Å². The van der Waals surface area contributed by atoms with Crippen LogP contribution in [0.15, 0.2) is 72.9 Å². The largest absolute Gasteiger partial charge is 0.481 e. The van der Waals surface area contributed by atoms with E-state index in [4.69, 9.17) is 10.8 Å². The molecule has 3 N–H and O–H groups in total. The molecule has 6 nitrogen and oxygen atoms in total. The Morgan fingerprint density at radius 1 is 0.788 bits per heavy atom. The predicted octanol–water partition coefficient (Wildman–Crippen LogP) is 5.73. The second-order valence-electron chi connectivity index (χ2n) is 7.52. The number of hydrogen-bond donors (Lipinski definition) is 2. The lowest BCUT2D eigenvalue weighted by Crippen LogP contribution is -2.33. The Hall–Kier alpha value is -2.99. The smallest absolute Gasteiger partial charge is 0.338 e. The molecule has 0 aliphatic carbocycles. The van der Waals surface area contributed by atoms with Crippen molar-refractivity contribution in [2.45, 2.75) is 77.2 Å². The van der Waals surface area contributed by atoms with Crippen molar-refractivity contribution in [3.05, 3.63) is 72.9 Å². The summed E-state index contributed by atoms with van der Waals surface area (Å²) in [5, 5.41) is 8.54. The molecule has 0 aromatic heterocycles. The molecule has 0 radical (unpaired) electrons. The van der Waals surface area contributed by atoms with Crippen LogP contribution in [-0.4, -0.2) is 29.1 Å². The van der Waals surface area contributed by atoms with Gasteiger partial charge in [-0.1, -0.05) is 112 Å². The van der Waals surface area contributed by atoms with Gasteiger partial charge in [0.25, 0.3) is 0 Å².